The van der Waals surface area contributed by atoms with Crippen LogP contribution in [0.15, 0.2) is 79.0 Å². The van der Waals surface area contributed by atoms with E-state index in [4.69, 9.17) is 4.98 Å². The van der Waals surface area contributed by atoms with E-state index in [1.807, 2.05) is 78.6 Å². The number of carbonyl (C=O) groups is 1. The predicted octanol–water partition coefficient (Wildman–Crippen LogP) is 3.90. The standard InChI is InChI=1S/C24H24N4O/c1-19(20-8-4-2-5-9-20)18-23(29)28-16-14-27(15-17-28)22-12-13-25-24(26-22)21-10-6-3-7-11-21/h2-13,18H,14-17H2,1H3/b19-18+. The number of nitrogens with zero attached hydrogens (tertiary/aromatic N) is 4. The molecule has 0 aliphatic carbocycles. The number of benzene rings is 2. The summed E-state index contributed by atoms with van der Waals surface area (Å²) in [4.78, 5) is 25.9. The minimum absolute atomic E-state index is 0.0682. The summed E-state index contributed by atoms with van der Waals surface area (Å²) in [5, 5.41) is 0. The highest BCUT2D eigenvalue weighted by Gasteiger charge is 2.21. The van der Waals surface area contributed by atoms with Gasteiger partial charge < -0.3 is 9.80 Å². The maximum Gasteiger partial charge on any atom is 0.246 e. The molecule has 4 rings (SSSR count). The van der Waals surface area contributed by atoms with Gasteiger partial charge in [0.15, 0.2) is 5.82 Å². The molecule has 0 saturated carbocycles. The summed E-state index contributed by atoms with van der Waals surface area (Å²) < 4.78 is 0. The fourth-order valence-corrected chi connectivity index (χ4v) is 3.47. The Balaban J connectivity index is 1.40. The molecule has 5 heteroatoms. The van der Waals surface area contributed by atoms with Crippen LogP contribution < -0.4 is 4.90 Å². The summed E-state index contributed by atoms with van der Waals surface area (Å²) in [5.41, 5.74) is 3.07. The van der Waals surface area contributed by atoms with Crippen LogP contribution >= 0.6 is 0 Å². The number of aromatic nitrogens is 2. The molecule has 1 aromatic heterocycles. The van der Waals surface area contributed by atoms with Crippen LogP contribution in [0.25, 0.3) is 17.0 Å². The van der Waals surface area contributed by atoms with Crippen LogP contribution in [0.3, 0.4) is 0 Å². The lowest BCUT2D eigenvalue weighted by Gasteiger charge is -2.35. The van der Waals surface area contributed by atoms with Gasteiger partial charge in [0.05, 0.1) is 0 Å². The first-order chi connectivity index (χ1) is 14.2. The van der Waals surface area contributed by atoms with Crippen molar-refractivity contribution in [2.75, 3.05) is 31.1 Å². The zero-order chi connectivity index (χ0) is 20.1. The Morgan fingerprint density at radius 1 is 0.897 bits per heavy atom. The van der Waals surface area contributed by atoms with Crippen molar-refractivity contribution in [1.29, 1.82) is 0 Å². The Morgan fingerprint density at radius 2 is 1.55 bits per heavy atom. The van der Waals surface area contributed by atoms with E-state index in [-0.39, 0.29) is 5.91 Å². The van der Waals surface area contributed by atoms with Crippen molar-refractivity contribution in [3.05, 3.63) is 84.6 Å². The minimum Gasteiger partial charge on any atom is -0.353 e. The van der Waals surface area contributed by atoms with E-state index in [0.29, 0.717) is 13.1 Å². The molecule has 1 amide bonds. The molecule has 0 spiro atoms. The lowest BCUT2D eigenvalue weighted by molar-refractivity contribution is -0.126. The topological polar surface area (TPSA) is 49.3 Å². The van der Waals surface area contributed by atoms with Gasteiger partial charge in [0.2, 0.25) is 5.91 Å². The highest BCUT2D eigenvalue weighted by atomic mass is 16.2. The number of rotatable bonds is 4. The summed E-state index contributed by atoms with van der Waals surface area (Å²) >= 11 is 0. The second-order valence-electron chi connectivity index (χ2n) is 7.11. The van der Waals surface area contributed by atoms with E-state index in [2.05, 4.69) is 9.88 Å². The molecule has 3 aromatic rings. The van der Waals surface area contributed by atoms with E-state index >= 15 is 0 Å². The maximum absolute atomic E-state index is 12.7. The number of allylic oxidation sites excluding steroid dienone is 1. The van der Waals surface area contributed by atoms with E-state index in [1.54, 1.807) is 12.3 Å². The zero-order valence-corrected chi connectivity index (χ0v) is 16.5. The fourth-order valence-electron chi connectivity index (χ4n) is 3.47. The van der Waals surface area contributed by atoms with E-state index in [0.717, 1.165) is 41.4 Å². The summed E-state index contributed by atoms with van der Waals surface area (Å²) in [5.74, 6) is 1.70. The van der Waals surface area contributed by atoms with Crippen molar-refractivity contribution < 1.29 is 4.79 Å². The molecular formula is C24H24N4O. The van der Waals surface area contributed by atoms with Crippen LogP contribution in [0.5, 0.6) is 0 Å². The monoisotopic (exact) mass is 384 g/mol. The van der Waals surface area contributed by atoms with Crippen molar-refractivity contribution in [1.82, 2.24) is 14.9 Å². The second kappa shape index (κ2) is 8.69. The molecule has 0 unspecified atom stereocenters. The van der Waals surface area contributed by atoms with Gasteiger partial charge in [0.25, 0.3) is 0 Å². The quantitative estimate of drug-likeness (QED) is 0.640. The largest absolute Gasteiger partial charge is 0.353 e. The fraction of sp³-hybridized carbons (Fsp3) is 0.208. The van der Waals surface area contributed by atoms with Gasteiger partial charge in [-0.1, -0.05) is 60.7 Å². The lowest BCUT2D eigenvalue weighted by atomic mass is 10.1. The van der Waals surface area contributed by atoms with Crippen molar-refractivity contribution in [3.63, 3.8) is 0 Å². The summed E-state index contributed by atoms with van der Waals surface area (Å²) in [6.45, 7) is 4.87. The third kappa shape index (κ3) is 4.51. The van der Waals surface area contributed by atoms with Crippen molar-refractivity contribution in [2.24, 2.45) is 0 Å². The number of hydrogen-bond acceptors (Lipinski definition) is 4. The third-order valence-corrected chi connectivity index (χ3v) is 5.16. The minimum atomic E-state index is 0.0682. The number of hydrogen-bond donors (Lipinski definition) is 0. The van der Waals surface area contributed by atoms with Gasteiger partial charge in [-0.15, -0.1) is 0 Å². The maximum atomic E-state index is 12.7. The molecular weight excluding hydrogens is 360 g/mol. The normalized spacial score (nSPS) is 14.7. The molecule has 0 atom stereocenters. The molecule has 0 radical (unpaired) electrons. The third-order valence-electron chi connectivity index (χ3n) is 5.16. The predicted molar refractivity (Wildman–Crippen MR) is 116 cm³/mol. The molecule has 1 aliphatic heterocycles. The van der Waals surface area contributed by atoms with E-state index < -0.39 is 0 Å². The Morgan fingerprint density at radius 3 is 2.24 bits per heavy atom. The SMILES string of the molecule is C/C(=C\C(=O)N1CCN(c2ccnc(-c3ccccc3)n2)CC1)c1ccccc1. The second-order valence-corrected chi connectivity index (χ2v) is 7.11. The number of carbonyl (C=O) groups excluding carboxylic acids is 1. The average Bonchev–Trinajstić information content (AvgIpc) is 2.80. The Labute approximate surface area is 171 Å². The van der Waals surface area contributed by atoms with Crippen LogP contribution in [0.2, 0.25) is 0 Å². The molecule has 0 N–H and O–H groups in total. The van der Waals surface area contributed by atoms with Crippen molar-refractivity contribution in [2.45, 2.75) is 6.92 Å². The van der Waals surface area contributed by atoms with Crippen LogP contribution in [-0.4, -0.2) is 47.0 Å². The van der Waals surface area contributed by atoms with Gasteiger partial charge in [0.1, 0.15) is 5.82 Å². The molecule has 1 fully saturated rings. The first-order valence-corrected chi connectivity index (χ1v) is 9.87. The Bertz CT molecular complexity index is 994. The Hall–Kier alpha value is -3.47. The number of amides is 1. The van der Waals surface area contributed by atoms with Gasteiger partial charge in [-0.25, -0.2) is 9.97 Å². The Kier molecular flexibility index (Phi) is 5.66. The number of piperazine rings is 1. The molecule has 146 valence electrons. The van der Waals surface area contributed by atoms with E-state index in [1.165, 1.54) is 0 Å². The zero-order valence-electron chi connectivity index (χ0n) is 16.5. The average molecular weight is 384 g/mol. The number of anilines is 1. The molecule has 1 aliphatic rings. The van der Waals surface area contributed by atoms with Gasteiger partial charge in [-0.3, -0.25) is 4.79 Å². The van der Waals surface area contributed by atoms with Crippen LogP contribution in [0.1, 0.15) is 12.5 Å². The summed E-state index contributed by atoms with van der Waals surface area (Å²) in [6.07, 6.45) is 3.54. The molecule has 0 bridgehead atoms. The van der Waals surface area contributed by atoms with E-state index in [9.17, 15) is 4.79 Å². The molecule has 2 aromatic carbocycles. The molecule has 5 nitrogen and oxygen atoms in total. The first kappa shape index (κ1) is 18.9. The van der Waals surface area contributed by atoms with Crippen molar-refractivity contribution >= 4 is 17.3 Å². The van der Waals surface area contributed by atoms with Gasteiger partial charge >= 0.3 is 0 Å². The van der Waals surface area contributed by atoms with Crippen LogP contribution in [-0.2, 0) is 4.79 Å². The summed E-state index contributed by atoms with van der Waals surface area (Å²) in [7, 11) is 0. The molecule has 1 saturated heterocycles. The molecule has 2 heterocycles. The lowest BCUT2D eigenvalue weighted by Crippen LogP contribution is -2.48. The molecule has 29 heavy (non-hydrogen) atoms. The first-order valence-electron chi connectivity index (χ1n) is 9.87. The van der Waals surface area contributed by atoms with Gasteiger partial charge in [-0.05, 0) is 24.1 Å². The highest BCUT2D eigenvalue weighted by molar-refractivity contribution is 5.95. The van der Waals surface area contributed by atoms with Crippen LogP contribution in [0, 0.1) is 0 Å². The van der Waals surface area contributed by atoms with Gasteiger partial charge in [0, 0.05) is 44.0 Å². The van der Waals surface area contributed by atoms with Crippen molar-refractivity contribution in [3.8, 4) is 11.4 Å². The van der Waals surface area contributed by atoms with Gasteiger partial charge in [-0.2, -0.15) is 0 Å². The highest BCUT2D eigenvalue weighted by Crippen LogP contribution is 2.20. The summed E-state index contributed by atoms with van der Waals surface area (Å²) in [6, 6.07) is 21.9. The van der Waals surface area contributed by atoms with Crippen LogP contribution in [0.4, 0.5) is 5.82 Å². The smallest absolute Gasteiger partial charge is 0.246 e.